The van der Waals surface area contributed by atoms with E-state index in [9.17, 15) is 15.2 Å². The van der Waals surface area contributed by atoms with Crippen LogP contribution in [-0.2, 0) is 11.8 Å². The van der Waals surface area contributed by atoms with E-state index >= 15 is 0 Å². The lowest BCUT2D eigenvalue weighted by Crippen LogP contribution is -2.51. The molecule has 0 radical (unpaired) electrons. The van der Waals surface area contributed by atoms with Gasteiger partial charge in [-0.15, -0.1) is 0 Å². The molecule has 1 heterocycles. The first kappa shape index (κ1) is 26.3. The number of pyridine rings is 1. The van der Waals surface area contributed by atoms with Crippen LogP contribution in [0.5, 0.6) is 0 Å². The monoisotopic (exact) mass is 590 g/mol. The van der Waals surface area contributed by atoms with Crippen molar-refractivity contribution in [2.24, 2.45) is 23.2 Å². The lowest BCUT2D eigenvalue weighted by Gasteiger charge is -2.57. The van der Waals surface area contributed by atoms with Crippen LogP contribution in [0.2, 0.25) is 0 Å². The molecular weight excluding hydrogens is 556 g/mol. The molecular formula is C32H35BrN2O2S. The van der Waals surface area contributed by atoms with Crippen LogP contribution < -0.4 is 0 Å². The first-order chi connectivity index (χ1) is 18.2. The number of nitrogens with zero attached hydrogens (tertiary/aromatic N) is 2. The molecule has 6 rings (SSSR count). The lowest BCUT2D eigenvalue weighted by atomic mass is 9.47. The highest BCUT2D eigenvalue weighted by molar-refractivity contribution is 9.10. The number of hydrogen-bond acceptors (Lipinski definition) is 5. The molecule has 4 aliphatic rings. The summed E-state index contributed by atoms with van der Waals surface area (Å²) in [5.41, 5.74) is 6.59. The van der Waals surface area contributed by atoms with Crippen LogP contribution in [0.25, 0.3) is 0 Å². The number of nitriles is 1. The van der Waals surface area contributed by atoms with E-state index in [1.165, 1.54) is 34.9 Å². The Morgan fingerprint density at radius 2 is 1.89 bits per heavy atom. The van der Waals surface area contributed by atoms with E-state index in [0.717, 1.165) is 48.7 Å². The number of benzene rings is 1. The van der Waals surface area contributed by atoms with Crippen LogP contribution in [0, 0.1) is 41.4 Å². The van der Waals surface area contributed by atoms with Gasteiger partial charge in [0.25, 0.3) is 0 Å². The third-order valence-electron chi connectivity index (χ3n) is 10.5. The van der Waals surface area contributed by atoms with Gasteiger partial charge < -0.3 is 5.11 Å². The van der Waals surface area contributed by atoms with Crippen LogP contribution in [0.15, 0.2) is 45.4 Å². The molecule has 2 aromatic rings. The number of aromatic nitrogens is 1. The van der Waals surface area contributed by atoms with Gasteiger partial charge in [-0.3, -0.25) is 4.79 Å². The Morgan fingerprint density at radius 3 is 2.63 bits per heavy atom. The summed E-state index contributed by atoms with van der Waals surface area (Å²) in [4.78, 5) is 17.8. The molecule has 4 nitrogen and oxygen atoms in total. The predicted molar refractivity (Wildman–Crippen MR) is 154 cm³/mol. The van der Waals surface area contributed by atoms with Crippen molar-refractivity contribution < 1.29 is 9.90 Å². The summed E-state index contributed by atoms with van der Waals surface area (Å²) in [7, 11) is 0. The fourth-order valence-corrected chi connectivity index (χ4v) is 9.85. The SMILES string of the molecule is Cc1nc(SCC(=O)c2ccc(Br)cc2)c(C#N)c2c1[C@@]1(C)CC[C@@H]3[C@H](CC=C4C[C@H](O)CC[C@@]43C)[C@H]1C2. The van der Waals surface area contributed by atoms with Gasteiger partial charge in [-0.05, 0) is 104 Å². The predicted octanol–water partition coefficient (Wildman–Crippen LogP) is 7.34. The van der Waals surface area contributed by atoms with Gasteiger partial charge in [-0.1, -0.05) is 65.3 Å². The van der Waals surface area contributed by atoms with Crippen molar-refractivity contribution in [2.75, 3.05) is 5.75 Å². The first-order valence-corrected chi connectivity index (χ1v) is 15.7. The minimum absolute atomic E-state index is 0.0332. The smallest absolute Gasteiger partial charge is 0.173 e. The van der Waals surface area contributed by atoms with Gasteiger partial charge in [-0.2, -0.15) is 5.26 Å². The molecule has 4 aliphatic carbocycles. The van der Waals surface area contributed by atoms with Gasteiger partial charge in [0.2, 0.25) is 0 Å². The molecule has 2 fully saturated rings. The minimum Gasteiger partial charge on any atom is -0.393 e. The molecule has 2 saturated carbocycles. The van der Waals surface area contributed by atoms with Gasteiger partial charge in [-0.25, -0.2) is 4.98 Å². The molecule has 0 aliphatic heterocycles. The molecule has 6 heteroatoms. The van der Waals surface area contributed by atoms with Crippen molar-refractivity contribution in [3.63, 3.8) is 0 Å². The van der Waals surface area contributed by atoms with Crippen LogP contribution >= 0.6 is 27.7 Å². The Morgan fingerprint density at radius 1 is 1.16 bits per heavy atom. The van der Waals surface area contributed by atoms with E-state index in [-0.39, 0.29) is 28.5 Å². The third-order valence-corrected chi connectivity index (χ3v) is 12.0. The topological polar surface area (TPSA) is 74.0 Å². The molecule has 0 bridgehead atoms. The molecule has 198 valence electrons. The number of aliphatic hydroxyl groups is 1. The maximum Gasteiger partial charge on any atom is 0.173 e. The summed E-state index contributed by atoms with van der Waals surface area (Å²) in [5, 5.41) is 21.4. The van der Waals surface area contributed by atoms with Crippen LogP contribution in [-0.4, -0.2) is 27.7 Å². The normalized spacial score (nSPS) is 33.3. The summed E-state index contributed by atoms with van der Waals surface area (Å²) in [6.45, 7) is 6.98. The number of fused-ring (bicyclic) bond motifs is 7. The van der Waals surface area contributed by atoms with Crippen molar-refractivity contribution in [1.29, 1.82) is 5.26 Å². The van der Waals surface area contributed by atoms with E-state index < -0.39 is 0 Å². The van der Waals surface area contributed by atoms with Gasteiger partial charge in [0, 0.05) is 15.7 Å². The van der Waals surface area contributed by atoms with E-state index in [0.29, 0.717) is 33.9 Å². The quantitative estimate of drug-likeness (QED) is 0.229. The summed E-state index contributed by atoms with van der Waals surface area (Å²) < 4.78 is 0.946. The van der Waals surface area contributed by atoms with E-state index in [4.69, 9.17) is 4.98 Å². The fourth-order valence-electron chi connectivity index (χ4n) is 8.64. The highest BCUT2D eigenvalue weighted by atomic mass is 79.9. The van der Waals surface area contributed by atoms with Gasteiger partial charge in [0.15, 0.2) is 5.78 Å². The van der Waals surface area contributed by atoms with Crippen molar-refractivity contribution in [1.82, 2.24) is 4.98 Å². The Balaban J connectivity index is 1.31. The molecule has 1 aromatic heterocycles. The third kappa shape index (κ3) is 4.03. The summed E-state index contributed by atoms with van der Waals surface area (Å²) in [6.07, 6.45) is 9.42. The van der Waals surface area contributed by atoms with Crippen molar-refractivity contribution >= 4 is 33.5 Å². The average molecular weight is 592 g/mol. The van der Waals surface area contributed by atoms with Crippen molar-refractivity contribution in [3.05, 3.63) is 68.3 Å². The molecule has 38 heavy (non-hydrogen) atoms. The number of thioether (sulfide) groups is 1. The van der Waals surface area contributed by atoms with E-state index in [1.807, 2.05) is 24.3 Å². The number of Topliss-reactive ketones (excluding diaryl/α,β-unsaturated/α-hetero) is 1. The maximum absolute atomic E-state index is 12.9. The molecule has 1 N–H and O–H groups in total. The lowest BCUT2D eigenvalue weighted by molar-refractivity contribution is -0.0164. The standard InChI is InChI=1S/C32H35BrN2O2S/c1-18-29-24(25(16-34)30(35-18)38-17-28(37)19-4-7-21(33)8-5-19)15-27-23-9-6-20-14-22(36)10-12-31(20,2)26(23)11-13-32(27,29)3/h4-8,22-23,26-27,36H,9-15,17H2,1-3H3/t22-,23+,26-,27-,31+,32+/m1/s1. The average Bonchev–Trinajstić information content (AvgIpc) is 3.22. The van der Waals surface area contributed by atoms with Crippen LogP contribution in [0.3, 0.4) is 0 Å². The Hall–Kier alpha value is -1.94. The number of allylic oxidation sites excluding steroid dienone is 1. The molecule has 0 unspecified atom stereocenters. The first-order valence-electron chi connectivity index (χ1n) is 13.9. The number of carbonyl (C=O) groups excluding carboxylic acids is 1. The number of hydrogen-bond donors (Lipinski definition) is 1. The highest BCUT2D eigenvalue weighted by Gasteiger charge is 2.58. The number of carbonyl (C=O) groups is 1. The zero-order valence-corrected chi connectivity index (χ0v) is 24.8. The van der Waals surface area contributed by atoms with Crippen LogP contribution in [0.4, 0.5) is 0 Å². The second-order valence-electron chi connectivity index (χ2n) is 12.4. The minimum atomic E-state index is -0.186. The zero-order chi connectivity index (χ0) is 26.8. The number of halogens is 1. The van der Waals surface area contributed by atoms with Crippen LogP contribution in [0.1, 0.15) is 85.1 Å². The summed E-state index contributed by atoms with van der Waals surface area (Å²) >= 11 is 4.82. The largest absolute Gasteiger partial charge is 0.393 e. The van der Waals surface area contributed by atoms with Crippen molar-refractivity contribution in [2.45, 2.75) is 82.3 Å². The van der Waals surface area contributed by atoms with E-state index in [2.05, 4.69) is 48.8 Å². The van der Waals surface area contributed by atoms with E-state index in [1.54, 1.807) is 0 Å². The number of rotatable bonds is 4. The Kier molecular flexibility index (Phi) is 6.65. The second-order valence-corrected chi connectivity index (χ2v) is 14.3. The number of aryl methyl sites for hydroxylation is 1. The fraction of sp³-hybridized carbons (Fsp3) is 0.531. The maximum atomic E-state index is 12.9. The molecule has 0 amide bonds. The van der Waals surface area contributed by atoms with Gasteiger partial charge in [0.05, 0.1) is 17.4 Å². The number of aliphatic hydroxyl groups excluding tert-OH is 1. The summed E-state index contributed by atoms with van der Waals surface area (Å²) in [6, 6.07) is 9.94. The molecule has 0 spiro atoms. The van der Waals surface area contributed by atoms with Crippen molar-refractivity contribution in [3.8, 4) is 6.07 Å². The second kappa shape index (κ2) is 9.61. The molecule has 0 saturated heterocycles. The molecule has 6 atom stereocenters. The zero-order valence-electron chi connectivity index (χ0n) is 22.4. The highest BCUT2D eigenvalue weighted by Crippen LogP contribution is 2.64. The molecule has 1 aromatic carbocycles. The number of ketones is 1. The Labute approximate surface area is 238 Å². The summed E-state index contributed by atoms with van der Waals surface area (Å²) in [5.74, 6) is 2.04. The van der Waals surface area contributed by atoms with Gasteiger partial charge >= 0.3 is 0 Å². The Bertz CT molecular complexity index is 1380. The van der Waals surface area contributed by atoms with Gasteiger partial charge in [0.1, 0.15) is 11.1 Å².